The van der Waals surface area contributed by atoms with Gasteiger partial charge in [0.25, 0.3) is 0 Å². The van der Waals surface area contributed by atoms with Gasteiger partial charge in [-0.15, -0.1) is 0 Å². The minimum absolute atomic E-state index is 0.179. The lowest BCUT2D eigenvalue weighted by atomic mass is 9.80. The van der Waals surface area contributed by atoms with E-state index in [9.17, 15) is 9.90 Å². The molecular formula is C19H19NO2. The van der Waals surface area contributed by atoms with Gasteiger partial charge in [0.2, 0.25) is 0 Å². The van der Waals surface area contributed by atoms with Crippen LogP contribution in [-0.2, 0) is 5.41 Å². The summed E-state index contributed by atoms with van der Waals surface area (Å²) >= 11 is 0. The molecular weight excluding hydrogens is 274 g/mol. The van der Waals surface area contributed by atoms with Crippen LogP contribution in [0.5, 0.6) is 0 Å². The topological polar surface area (TPSA) is 49.3 Å². The van der Waals surface area contributed by atoms with Crippen LogP contribution in [0, 0.1) is 0 Å². The first-order chi connectivity index (χ1) is 10.4. The number of hydrogen-bond acceptors (Lipinski definition) is 1. The molecule has 0 atom stereocenters. The quantitative estimate of drug-likeness (QED) is 0.592. The molecule has 0 bridgehead atoms. The second-order valence-corrected chi connectivity index (χ2v) is 6.52. The van der Waals surface area contributed by atoms with Crippen molar-refractivity contribution in [1.29, 1.82) is 0 Å². The third-order valence-electron chi connectivity index (χ3n) is 3.91. The van der Waals surface area contributed by atoms with E-state index in [4.69, 9.17) is 0 Å². The summed E-state index contributed by atoms with van der Waals surface area (Å²) in [5.74, 6) is 0. The van der Waals surface area contributed by atoms with Gasteiger partial charge in [-0.2, -0.15) is 0 Å². The Morgan fingerprint density at radius 1 is 0.864 bits per heavy atom. The van der Waals surface area contributed by atoms with E-state index in [1.807, 2.05) is 36.4 Å². The Morgan fingerprint density at radius 3 is 1.82 bits per heavy atom. The molecule has 0 radical (unpaired) electrons. The molecule has 3 aromatic carbocycles. The van der Waals surface area contributed by atoms with Crippen LogP contribution in [0.1, 0.15) is 26.3 Å². The minimum atomic E-state index is -1.04. The SMILES string of the molecule is CC(C)(C)c1c(NC(=O)O)c2ccccc2c2ccccc12. The summed E-state index contributed by atoms with van der Waals surface area (Å²) in [5, 5.41) is 16.2. The number of benzene rings is 3. The zero-order chi connectivity index (χ0) is 15.9. The lowest BCUT2D eigenvalue weighted by Crippen LogP contribution is -2.18. The van der Waals surface area contributed by atoms with Crippen LogP contribution >= 0.6 is 0 Å². The largest absolute Gasteiger partial charge is 0.465 e. The standard InChI is InChI=1S/C19H19NO2/c1-19(2,3)16-14-10-6-4-8-12(14)13-9-5-7-11-15(13)17(16)20-18(21)22/h4-11,20H,1-3H3,(H,21,22). The van der Waals surface area contributed by atoms with Gasteiger partial charge >= 0.3 is 6.09 Å². The fourth-order valence-electron chi connectivity index (χ4n) is 3.16. The normalized spacial score (nSPS) is 11.8. The highest BCUT2D eigenvalue weighted by molar-refractivity contribution is 6.17. The average Bonchev–Trinajstić information content (AvgIpc) is 2.45. The Bertz CT molecular complexity index is 876. The van der Waals surface area contributed by atoms with Crippen molar-refractivity contribution < 1.29 is 9.90 Å². The van der Waals surface area contributed by atoms with E-state index in [1.165, 1.54) is 0 Å². The van der Waals surface area contributed by atoms with Crippen molar-refractivity contribution in [3.8, 4) is 0 Å². The van der Waals surface area contributed by atoms with Crippen molar-refractivity contribution in [1.82, 2.24) is 0 Å². The highest BCUT2D eigenvalue weighted by Crippen LogP contribution is 2.42. The molecule has 1 amide bonds. The van der Waals surface area contributed by atoms with Crippen LogP contribution < -0.4 is 5.32 Å². The van der Waals surface area contributed by atoms with Crippen molar-refractivity contribution in [2.24, 2.45) is 0 Å². The number of carbonyl (C=O) groups is 1. The van der Waals surface area contributed by atoms with Crippen LogP contribution in [0.15, 0.2) is 48.5 Å². The average molecular weight is 293 g/mol. The summed E-state index contributed by atoms with van der Waals surface area (Å²) in [5.41, 5.74) is 1.54. The lowest BCUT2D eigenvalue weighted by Gasteiger charge is -2.26. The van der Waals surface area contributed by atoms with Gasteiger partial charge in [-0.25, -0.2) is 4.79 Å². The highest BCUT2D eigenvalue weighted by Gasteiger charge is 2.24. The number of amides is 1. The number of fused-ring (bicyclic) bond motifs is 3. The molecule has 0 saturated carbocycles. The Morgan fingerprint density at radius 2 is 1.32 bits per heavy atom. The van der Waals surface area contributed by atoms with Crippen molar-refractivity contribution in [3.05, 3.63) is 54.1 Å². The first kappa shape index (κ1) is 14.4. The second kappa shape index (κ2) is 5.02. The zero-order valence-electron chi connectivity index (χ0n) is 13.0. The lowest BCUT2D eigenvalue weighted by molar-refractivity contribution is 0.209. The molecule has 0 aliphatic carbocycles. The van der Waals surface area contributed by atoms with E-state index >= 15 is 0 Å². The van der Waals surface area contributed by atoms with Gasteiger partial charge in [-0.05, 0) is 27.1 Å². The number of hydrogen-bond donors (Lipinski definition) is 2. The second-order valence-electron chi connectivity index (χ2n) is 6.52. The van der Waals surface area contributed by atoms with Crippen molar-refractivity contribution >= 4 is 33.3 Å². The molecule has 0 spiro atoms. The monoisotopic (exact) mass is 293 g/mol. The number of carboxylic acid groups (broad SMARTS) is 1. The number of anilines is 1. The van der Waals surface area contributed by atoms with E-state index in [0.29, 0.717) is 5.69 Å². The zero-order valence-corrected chi connectivity index (χ0v) is 13.0. The summed E-state index contributed by atoms with van der Waals surface area (Å²) < 4.78 is 0. The molecule has 0 saturated heterocycles. The number of nitrogens with one attached hydrogen (secondary N) is 1. The molecule has 0 heterocycles. The maximum Gasteiger partial charge on any atom is 0.409 e. The molecule has 2 N–H and O–H groups in total. The third-order valence-corrected chi connectivity index (χ3v) is 3.91. The van der Waals surface area contributed by atoms with E-state index in [1.54, 1.807) is 0 Å². The van der Waals surface area contributed by atoms with Crippen molar-refractivity contribution in [2.45, 2.75) is 26.2 Å². The third kappa shape index (κ3) is 2.29. The van der Waals surface area contributed by atoms with Crippen LogP contribution in [0.3, 0.4) is 0 Å². The smallest absolute Gasteiger partial charge is 0.409 e. The van der Waals surface area contributed by atoms with Gasteiger partial charge in [0, 0.05) is 5.39 Å². The number of rotatable bonds is 1. The minimum Gasteiger partial charge on any atom is -0.465 e. The highest BCUT2D eigenvalue weighted by atomic mass is 16.4. The fraction of sp³-hybridized carbons (Fsp3) is 0.211. The van der Waals surface area contributed by atoms with Crippen LogP contribution in [0.4, 0.5) is 10.5 Å². The summed E-state index contributed by atoms with van der Waals surface area (Å²) in [6.07, 6.45) is -1.04. The summed E-state index contributed by atoms with van der Waals surface area (Å²) in [4.78, 5) is 11.3. The van der Waals surface area contributed by atoms with Gasteiger partial charge in [0.1, 0.15) is 0 Å². The summed E-state index contributed by atoms with van der Waals surface area (Å²) in [7, 11) is 0. The maximum absolute atomic E-state index is 11.3. The van der Waals surface area contributed by atoms with E-state index in [0.717, 1.165) is 27.1 Å². The molecule has 0 unspecified atom stereocenters. The van der Waals surface area contributed by atoms with Crippen LogP contribution in [0.25, 0.3) is 21.5 Å². The Kier molecular flexibility index (Phi) is 3.28. The molecule has 3 heteroatoms. The predicted octanol–water partition coefficient (Wildman–Crippen LogP) is 5.38. The molecule has 22 heavy (non-hydrogen) atoms. The summed E-state index contributed by atoms with van der Waals surface area (Å²) in [6.45, 7) is 6.32. The van der Waals surface area contributed by atoms with Crippen LogP contribution in [0.2, 0.25) is 0 Å². The van der Waals surface area contributed by atoms with E-state index < -0.39 is 6.09 Å². The van der Waals surface area contributed by atoms with Gasteiger partial charge in [0.05, 0.1) is 5.69 Å². The molecule has 3 aromatic rings. The Labute approximate surface area is 129 Å². The Balaban J connectivity index is 2.57. The fourth-order valence-corrected chi connectivity index (χ4v) is 3.16. The molecule has 0 aromatic heterocycles. The maximum atomic E-state index is 11.3. The first-order valence-corrected chi connectivity index (χ1v) is 7.33. The van der Waals surface area contributed by atoms with Crippen molar-refractivity contribution in [3.63, 3.8) is 0 Å². The van der Waals surface area contributed by atoms with Gasteiger partial charge in [0.15, 0.2) is 0 Å². The first-order valence-electron chi connectivity index (χ1n) is 7.33. The van der Waals surface area contributed by atoms with E-state index in [2.05, 4.69) is 38.2 Å². The molecule has 3 rings (SSSR count). The van der Waals surface area contributed by atoms with Gasteiger partial charge < -0.3 is 5.11 Å². The Hall–Kier alpha value is -2.55. The molecule has 112 valence electrons. The summed E-state index contributed by atoms with van der Waals surface area (Å²) in [6, 6.07) is 16.1. The van der Waals surface area contributed by atoms with Gasteiger partial charge in [-0.1, -0.05) is 69.3 Å². The van der Waals surface area contributed by atoms with Gasteiger partial charge in [-0.3, -0.25) is 5.32 Å². The molecule has 0 aliphatic rings. The molecule has 3 nitrogen and oxygen atoms in total. The molecule has 0 aliphatic heterocycles. The van der Waals surface area contributed by atoms with E-state index in [-0.39, 0.29) is 5.41 Å². The molecule has 0 fully saturated rings. The predicted molar refractivity (Wildman–Crippen MR) is 91.8 cm³/mol. The van der Waals surface area contributed by atoms with Crippen LogP contribution in [-0.4, -0.2) is 11.2 Å². The van der Waals surface area contributed by atoms with Crippen molar-refractivity contribution in [2.75, 3.05) is 5.32 Å².